The van der Waals surface area contributed by atoms with Gasteiger partial charge in [-0.25, -0.2) is 9.37 Å². The second-order valence-electron chi connectivity index (χ2n) is 4.00. The molecule has 0 aliphatic carbocycles. The molecule has 0 spiro atoms. The molecule has 1 amide bonds. The normalized spacial score (nSPS) is 10.5. The average molecular weight is 344 g/mol. The highest BCUT2D eigenvalue weighted by atomic mass is 79.9. The summed E-state index contributed by atoms with van der Waals surface area (Å²) >= 11 is 4.20. The summed E-state index contributed by atoms with van der Waals surface area (Å²) in [5.74, 6) is -0.766. The Morgan fingerprint density at radius 1 is 1.47 bits per heavy atom. The smallest absolute Gasteiger partial charge is 0.267 e. The van der Waals surface area contributed by atoms with Crippen molar-refractivity contribution in [2.75, 3.05) is 11.1 Å². The Hall–Kier alpha value is -1.47. The van der Waals surface area contributed by atoms with Gasteiger partial charge in [-0.05, 0) is 47.5 Å². The molecular formula is C12H11BrFN3OS. The molecule has 100 valence electrons. The highest BCUT2D eigenvalue weighted by molar-refractivity contribution is 9.10. The van der Waals surface area contributed by atoms with E-state index in [1.165, 1.54) is 6.07 Å². The minimum Gasteiger partial charge on any atom is -0.375 e. The van der Waals surface area contributed by atoms with Gasteiger partial charge < -0.3 is 11.1 Å². The molecule has 0 unspecified atom stereocenters. The first-order chi connectivity index (χ1) is 8.88. The first-order valence-electron chi connectivity index (χ1n) is 5.38. The van der Waals surface area contributed by atoms with Crippen LogP contribution >= 0.6 is 27.3 Å². The predicted molar refractivity (Wildman–Crippen MR) is 78.1 cm³/mol. The van der Waals surface area contributed by atoms with Crippen molar-refractivity contribution in [3.8, 4) is 0 Å². The molecule has 0 atom stereocenters. The van der Waals surface area contributed by atoms with Crippen molar-refractivity contribution >= 4 is 44.0 Å². The topological polar surface area (TPSA) is 68.0 Å². The second kappa shape index (κ2) is 5.26. The van der Waals surface area contributed by atoms with Crippen LogP contribution in [0.15, 0.2) is 16.6 Å². The fourth-order valence-corrected chi connectivity index (χ4v) is 2.77. The minimum absolute atomic E-state index is 0.335. The first-order valence-corrected chi connectivity index (χ1v) is 6.99. The number of halogens is 2. The molecule has 0 radical (unpaired) electrons. The van der Waals surface area contributed by atoms with Crippen molar-refractivity contribution in [3.63, 3.8) is 0 Å². The van der Waals surface area contributed by atoms with Crippen LogP contribution in [0.4, 0.5) is 15.2 Å². The molecule has 0 saturated heterocycles. The van der Waals surface area contributed by atoms with Gasteiger partial charge in [-0.1, -0.05) is 11.3 Å². The van der Waals surface area contributed by atoms with E-state index < -0.39 is 5.82 Å². The van der Waals surface area contributed by atoms with Crippen LogP contribution in [0.3, 0.4) is 0 Å². The number of anilines is 2. The summed E-state index contributed by atoms with van der Waals surface area (Å²) in [5, 5.41) is 3.00. The summed E-state index contributed by atoms with van der Waals surface area (Å²) in [6.45, 7) is 3.49. The Morgan fingerprint density at radius 2 is 2.16 bits per heavy atom. The van der Waals surface area contributed by atoms with Crippen molar-refractivity contribution in [1.29, 1.82) is 0 Å². The number of nitrogens with zero attached hydrogens (tertiary/aromatic N) is 1. The minimum atomic E-state index is -0.429. The number of amides is 1. The Balaban J connectivity index is 2.29. The van der Waals surface area contributed by atoms with Gasteiger partial charge in [0.05, 0.1) is 10.2 Å². The standard InChI is InChI=1S/C12H11BrFN3OS/c1-5-3-7(13)8(14)4-9(5)17-11(18)10-6(2)16-12(15)19-10/h3-4H,1-2H3,(H2,15,16)(H,17,18). The Morgan fingerprint density at radius 3 is 2.74 bits per heavy atom. The Bertz CT molecular complexity index is 657. The molecule has 7 heteroatoms. The number of carbonyl (C=O) groups excluding carboxylic acids is 1. The van der Waals surface area contributed by atoms with E-state index in [0.717, 1.165) is 16.9 Å². The van der Waals surface area contributed by atoms with E-state index in [0.29, 0.717) is 25.9 Å². The van der Waals surface area contributed by atoms with Gasteiger partial charge in [0.15, 0.2) is 5.13 Å². The lowest BCUT2D eigenvalue weighted by Gasteiger charge is -2.08. The van der Waals surface area contributed by atoms with E-state index in [-0.39, 0.29) is 5.91 Å². The number of benzene rings is 1. The fraction of sp³-hybridized carbons (Fsp3) is 0.167. The summed E-state index contributed by atoms with van der Waals surface area (Å²) < 4.78 is 13.8. The predicted octanol–water partition coefficient (Wildman–Crippen LogP) is 3.50. The maximum atomic E-state index is 13.5. The molecule has 0 aliphatic heterocycles. The molecule has 0 saturated carbocycles. The molecule has 0 fully saturated rings. The molecule has 2 aromatic rings. The maximum absolute atomic E-state index is 13.5. The molecule has 2 rings (SSSR count). The monoisotopic (exact) mass is 343 g/mol. The number of nitrogens with one attached hydrogen (secondary N) is 1. The van der Waals surface area contributed by atoms with E-state index in [1.54, 1.807) is 19.9 Å². The van der Waals surface area contributed by atoms with Crippen LogP contribution < -0.4 is 11.1 Å². The van der Waals surface area contributed by atoms with Crippen molar-refractivity contribution < 1.29 is 9.18 Å². The van der Waals surface area contributed by atoms with Crippen LogP contribution in [0.25, 0.3) is 0 Å². The van der Waals surface area contributed by atoms with Crippen LogP contribution in [-0.4, -0.2) is 10.9 Å². The lowest BCUT2D eigenvalue weighted by atomic mass is 10.2. The molecule has 0 bridgehead atoms. The largest absolute Gasteiger partial charge is 0.375 e. The van der Waals surface area contributed by atoms with Crippen molar-refractivity contribution in [2.24, 2.45) is 0 Å². The molecule has 1 heterocycles. The molecule has 4 nitrogen and oxygen atoms in total. The van der Waals surface area contributed by atoms with Gasteiger partial charge in [-0.15, -0.1) is 0 Å². The highest BCUT2D eigenvalue weighted by Crippen LogP contribution is 2.26. The van der Waals surface area contributed by atoms with Crippen LogP contribution in [0.1, 0.15) is 20.9 Å². The highest BCUT2D eigenvalue weighted by Gasteiger charge is 2.16. The van der Waals surface area contributed by atoms with Crippen LogP contribution in [0.5, 0.6) is 0 Å². The summed E-state index contributed by atoms with van der Waals surface area (Å²) in [6, 6.07) is 2.88. The number of hydrogen-bond donors (Lipinski definition) is 2. The van der Waals surface area contributed by atoms with Crippen molar-refractivity contribution in [3.05, 3.63) is 38.6 Å². The lowest BCUT2D eigenvalue weighted by molar-refractivity contribution is 0.102. The molecule has 0 aliphatic rings. The van der Waals surface area contributed by atoms with Crippen LogP contribution in [-0.2, 0) is 0 Å². The molecule has 3 N–H and O–H groups in total. The summed E-state index contributed by atoms with van der Waals surface area (Å²) in [7, 11) is 0. The lowest BCUT2D eigenvalue weighted by Crippen LogP contribution is -2.12. The van der Waals surface area contributed by atoms with E-state index in [2.05, 4.69) is 26.2 Å². The number of rotatable bonds is 2. The van der Waals surface area contributed by atoms with Crippen LogP contribution in [0, 0.1) is 19.7 Å². The van der Waals surface area contributed by atoms with Gasteiger partial charge in [0.2, 0.25) is 0 Å². The number of thiazole rings is 1. The quantitative estimate of drug-likeness (QED) is 0.876. The third-order valence-electron chi connectivity index (χ3n) is 2.53. The first kappa shape index (κ1) is 14.0. The third-order valence-corrected chi connectivity index (χ3v) is 4.13. The van der Waals surface area contributed by atoms with Crippen LogP contribution in [0.2, 0.25) is 0 Å². The second-order valence-corrected chi connectivity index (χ2v) is 5.89. The number of aryl methyl sites for hydroxylation is 2. The van der Waals surface area contributed by atoms with Gasteiger partial charge in [0.25, 0.3) is 5.91 Å². The van der Waals surface area contributed by atoms with Gasteiger partial charge in [-0.3, -0.25) is 4.79 Å². The number of aromatic nitrogens is 1. The van der Waals surface area contributed by atoms with Gasteiger partial charge >= 0.3 is 0 Å². The zero-order valence-electron chi connectivity index (χ0n) is 10.3. The SMILES string of the molecule is Cc1cc(Br)c(F)cc1NC(=O)c1sc(N)nc1C. The van der Waals surface area contributed by atoms with Gasteiger partial charge in [-0.2, -0.15) is 0 Å². The Kier molecular flexibility index (Phi) is 3.86. The average Bonchev–Trinajstić information content (AvgIpc) is 2.65. The van der Waals surface area contributed by atoms with E-state index in [9.17, 15) is 9.18 Å². The van der Waals surface area contributed by atoms with Crippen molar-refractivity contribution in [2.45, 2.75) is 13.8 Å². The molecular weight excluding hydrogens is 333 g/mol. The fourth-order valence-electron chi connectivity index (χ4n) is 1.59. The Labute approximate surface area is 122 Å². The van der Waals surface area contributed by atoms with Gasteiger partial charge in [0, 0.05) is 5.69 Å². The summed E-state index contributed by atoms with van der Waals surface area (Å²) in [6.07, 6.45) is 0. The van der Waals surface area contributed by atoms with E-state index in [4.69, 9.17) is 5.73 Å². The summed E-state index contributed by atoms with van der Waals surface area (Å²) in [4.78, 5) is 16.5. The zero-order valence-corrected chi connectivity index (χ0v) is 12.7. The number of nitrogen functional groups attached to an aromatic ring is 1. The van der Waals surface area contributed by atoms with E-state index >= 15 is 0 Å². The maximum Gasteiger partial charge on any atom is 0.267 e. The van der Waals surface area contributed by atoms with Crippen molar-refractivity contribution in [1.82, 2.24) is 4.98 Å². The summed E-state index contributed by atoms with van der Waals surface area (Å²) in [5.41, 5.74) is 7.30. The van der Waals surface area contributed by atoms with Gasteiger partial charge in [0.1, 0.15) is 10.7 Å². The third kappa shape index (κ3) is 2.93. The van der Waals surface area contributed by atoms with E-state index in [1.807, 2.05) is 0 Å². The number of hydrogen-bond acceptors (Lipinski definition) is 4. The zero-order chi connectivity index (χ0) is 14.2. The number of carbonyl (C=O) groups is 1. The molecule has 1 aromatic carbocycles. The molecule has 1 aromatic heterocycles. The molecule has 19 heavy (non-hydrogen) atoms. The number of nitrogens with two attached hydrogens (primary N) is 1.